The van der Waals surface area contributed by atoms with Gasteiger partial charge in [0.05, 0.1) is 13.7 Å². The van der Waals surface area contributed by atoms with Gasteiger partial charge in [0.1, 0.15) is 0 Å². The van der Waals surface area contributed by atoms with Gasteiger partial charge in [-0.3, -0.25) is 0 Å². The summed E-state index contributed by atoms with van der Waals surface area (Å²) in [6, 6.07) is 11.7. The average Bonchev–Trinajstić information content (AvgIpc) is 2.98. The third-order valence-corrected chi connectivity index (χ3v) is 4.75. The van der Waals surface area contributed by atoms with Crippen molar-refractivity contribution in [3.8, 4) is 5.75 Å². The van der Waals surface area contributed by atoms with Gasteiger partial charge < -0.3 is 14.2 Å². The SMILES string of the molecule is CCOC(=O)COc1c(C(=O)OC)sc2c1ccc1ccccc12. The Balaban J connectivity index is 2.12. The van der Waals surface area contributed by atoms with E-state index in [1.807, 2.05) is 36.4 Å². The highest BCUT2D eigenvalue weighted by Gasteiger charge is 2.22. The normalized spacial score (nSPS) is 10.8. The maximum atomic E-state index is 12.1. The standard InChI is InChI=1S/C18H16O5S/c1-3-22-14(19)10-23-15-13-9-8-11-6-4-5-7-12(11)16(13)24-17(15)18(20)21-2/h4-9H,3,10H2,1-2H3. The van der Waals surface area contributed by atoms with E-state index >= 15 is 0 Å². The molecule has 0 fully saturated rings. The van der Waals surface area contributed by atoms with Crippen LogP contribution >= 0.6 is 11.3 Å². The summed E-state index contributed by atoms with van der Waals surface area (Å²) in [5, 5.41) is 2.87. The minimum absolute atomic E-state index is 0.253. The van der Waals surface area contributed by atoms with Gasteiger partial charge >= 0.3 is 11.9 Å². The topological polar surface area (TPSA) is 61.8 Å². The second kappa shape index (κ2) is 6.88. The van der Waals surface area contributed by atoms with Gasteiger partial charge in [0, 0.05) is 10.1 Å². The molecule has 3 rings (SSSR count). The fourth-order valence-electron chi connectivity index (χ4n) is 2.51. The number of thiophene rings is 1. The van der Waals surface area contributed by atoms with Gasteiger partial charge in [-0.05, 0) is 23.8 Å². The molecular weight excluding hydrogens is 328 g/mol. The largest absolute Gasteiger partial charge is 0.479 e. The van der Waals surface area contributed by atoms with Gasteiger partial charge in [-0.2, -0.15) is 0 Å². The third kappa shape index (κ3) is 2.92. The highest BCUT2D eigenvalue weighted by molar-refractivity contribution is 7.22. The van der Waals surface area contributed by atoms with Gasteiger partial charge in [-0.25, -0.2) is 9.59 Å². The molecule has 0 aliphatic carbocycles. The molecule has 0 spiro atoms. The van der Waals surface area contributed by atoms with Crippen LogP contribution in [0, 0.1) is 0 Å². The molecule has 2 aromatic carbocycles. The number of rotatable bonds is 5. The molecule has 124 valence electrons. The Morgan fingerprint density at radius 2 is 1.88 bits per heavy atom. The van der Waals surface area contributed by atoms with Gasteiger partial charge in [-0.15, -0.1) is 11.3 Å². The number of fused-ring (bicyclic) bond motifs is 3. The van der Waals surface area contributed by atoms with Crippen molar-refractivity contribution in [1.29, 1.82) is 0 Å². The Labute approximate surface area is 142 Å². The van der Waals surface area contributed by atoms with Gasteiger partial charge in [0.25, 0.3) is 0 Å². The first-order valence-electron chi connectivity index (χ1n) is 7.46. The number of esters is 2. The number of hydrogen-bond acceptors (Lipinski definition) is 6. The fourth-order valence-corrected chi connectivity index (χ4v) is 3.71. The molecule has 6 heteroatoms. The Morgan fingerprint density at radius 1 is 1.08 bits per heavy atom. The predicted octanol–water partition coefficient (Wildman–Crippen LogP) is 3.78. The molecular formula is C18H16O5S. The van der Waals surface area contributed by atoms with Crippen molar-refractivity contribution in [2.24, 2.45) is 0 Å². The van der Waals surface area contributed by atoms with Crippen LogP contribution in [0.1, 0.15) is 16.6 Å². The van der Waals surface area contributed by atoms with Gasteiger partial charge in [0.15, 0.2) is 17.2 Å². The molecule has 0 aliphatic heterocycles. The van der Waals surface area contributed by atoms with Gasteiger partial charge in [-0.1, -0.05) is 30.3 Å². The zero-order valence-electron chi connectivity index (χ0n) is 13.3. The molecule has 5 nitrogen and oxygen atoms in total. The molecule has 24 heavy (non-hydrogen) atoms. The molecule has 0 saturated carbocycles. The van der Waals surface area contributed by atoms with E-state index in [1.54, 1.807) is 6.92 Å². The summed E-state index contributed by atoms with van der Waals surface area (Å²) in [6.07, 6.45) is 0. The van der Waals surface area contributed by atoms with Crippen LogP contribution in [0.2, 0.25) is 0 Å². The maximum Gasteiger partial charge on any atom is 0.351 e. The first-order valence-corrected chi connectivity index (χ1v) is 8.28. The molecule has 0 atom stereocenters. The summed E-state index contributed by atoms with van der Waals surface area (Å²) in [7, 11) is 1.32. The highest BCUT2D eigenvalue weighted by atomic mass is 32.1. The summed E-state index contributed by atoms with van der Waals surface area (Å²) in [4.78, 5) is 24.0. The van der Waals surface area contributed by atoms with Crippen LogP contribution in [0.15, 0.2) is 36.4 Å². The first kappa shape index (κ1) is 16.3. The second-order valence-corrected chi connectivity index (χ2v) is 6.03. The highest BCUT2D eigenvalue weighted by Crippen LogP contribution is 2.41. The minimum Gasteiger partial charge on any atom is -0.479 e. The predicted molar refractivity (Wildman–Crippen MR) is 92.8 cm³/mol. The van der Waals surface area contributed by atoms with E-state index in [4.69, 9.17) is 14.2 Å². The lowest BCUT2D eigenvalue weighted by atomic mass is 10.1. The number of ether oxygens (including phenoxy) is 3. The molecule has 0 N–H and O–H groups in total. The summed E-state index contributed by atoms with van der Waals surface area (Å²) >= 11 is 1.30. The van der Waals surface area contributed by atoms with Crippen LogP contribution in [0.3, 0.4) is 0 Å². The molecule has 0 radical (unpaired) electrons. The zero-order valence-corrected chi connectivity index (χ0v) is 14.1. The van der Waals surface area contributed by atoms with E-state index in [1.165, 1.54) is 18.4 Å². The molecule has 1 aromatic heterocycles. The third-order valence-electron chi connectivity index (χ3n) is 3.55. The molecule has 0 bridgehead atoms. The number of hydrogen-bond donors (Lipinski definition) is 0. The number of carbonyl (C=O) groups is 2. The van der Waals surface area contributed by atoms with Crippen molar-refractivity contribution in [2.75, 3.05) is 20.3 Å². The smallest absolute Gasteiger partial charge is 0.351 e. The Bertz CT molecular complexity index is 912. The van der Waals surface area contributed by atoms with Crippen molar-refractivity contribution in [3.05, 3.63) is 41.3 Å². The maximum absolute atomic E-state index is 12.1. The molecule has 0 unspecified atom stereocenters. The Morgan fingerprint density at radius 3 is 2.62 bits per heavy atom. The van der Waals surface area contributed by atoms with Crippen LogP contribution in [0.4, 0.5) is 0 Å². The van der Waals surface area contributed by atoms with Crippen LogP contribution in [-0.4, -0.2) is 32.3 Å². The van der Waals surface area contributed by atoms with Crippen molar-refractivity contribution in [3.63, 3.8) is 0 Å². The Hall–Kier alpha value is -2.60. The Kier molecular flexibility index (Phi) is 4.66. The second-order valence-electron chi connectivity index (χ2n) is 5.01. The minimum atomic E-state index is -0.487. The first-order chi connectivity index (χ1) is 11.7. The lowest BCUT2D eigenvalue weighted by Gasteiger charge is -2.07. The molecule has 0 saturated heterocycles. The monoisotopic (exact) mass is 344 g/mol. The van der Waals surface area contributed by atoms with Crippen molar-refractivity contribution < 1.29 is 23.8 Å². The lowest BCUT2D eigenvalue weighted by molar-refractivity contribution is -0.145. The summed E-state index contributed by atoms with van der Waals surface area (Å²) in [5.41, 5.74) is 0. The fraction of sp³-hybridized carbons (Fsp3) is 0.222. The van der Waals surface area contributed by atoms with Crippen LogP contribution in [0.25, 0.3) is 20.9 Å². The summed E-state index contributed by atoms with van der Waals surface area (Å²) in [6.45, 7) is 1.75. The van der Waals surface area contributed by atoms with Crippen molar-refractivity contribution >= 4 is 44.1 Å². The van der Waals surface area contributed by atoms with Crippen LogP contribution in [-0.2, 0) is 14.3 Å². The summed E-state index contributed by atoms with van der Waals surface area (Å²) < 4.78 is 16.3. The van der Waals surface area contributed by atoms with Crippen molar-refractivity contribution in [1.82, 2.24) is 0 Å². The van der Waals surface area contributed by atoms with Crippen molar-refractivity contribution in [2.45, 2.75) is 6.92 Å². The number of benzene rings is 2. The number of methoxy groups -OCH3 is 1. The van der Waals surface area contributed by atoms with E-state index in [2.05, 4.69) is 0 Å². The molecule has 0 aliphatic rings. The zero-order chi connectivity index (χ0) is 17.1. The molecule has 1 heterocycles. The van der Waals surface area contributed by atoms with E-state index in [0.717, 1.165) is 20.9 Å². The van der Waals surface area contributed by atoms with Crippen LogP contribution in [0.5, 0.6) is 5.75 Å². The summed E-state index contributed by atoms with van der Waals surface area (Å²) in [5.74, 6) is -0.603. The lowest BCUT2D eigenvalue weighted by Crippen LogP contribution is -2.15. The van der Waals surface area contributed by atoms with E-state index in [0.29, 0.717) is 10.6 Å². The molecule has 3 aromatic rings. The number of carbonyl (C=O) groups excluding carboxylic acids is 2. The quantitative estimate of drug-likeness (QED) is 0.659. The van der Waals surface area contributed by atoms with Crippen LogP contribution < -0.4 is 4.74 Å². The van der Waals surface area contributed by atoms with E-state index in [9.17, 15) is 9.59 Å². The molecule has 0 amide bonds. The van der Waals surface area contributed by atoms with E-state index < -0.39 is 11.9 Å². The van der Waals surface area contributed by atoms with Gasteiger partial charge in [0.2, 0.25) is 0 Å². The average molecular weight is 344 g/mol. The van der Waals surface area contributed by atoms with E-state index in [-0.39, 0.29) is 13.2 Å².